The van der Waals surface area contributed by atoms with Crippen LogP contribution in [0, 0.1) is 11.3 Å². The van der Waals surface area contributed by atoms with Crippen molar-refractivity contribution < 1.29 is 14.3 Å². The zero-order valence-electron chi connectivity index (χ0n) is 12.0. The van der Waals surface area contributed by atoms with Gasteiger partial charge < -0.3 is 4.74 Å². The molecule has 0 aromatic carbocycles. The predicted molar refractivity (Wildman–Crippen MR) is 70.3 cm³/mol. The molecule has 0 amide bonds. The first-order valence-corrected chi connectivity index (χ1v) is 6.84. The predicted octanol–water partition coefficient (Wildman–Crippen LogP) is 1.88. The second-order valence-electron chi connectivity index (χ2n) is 5.54. The molecule has 1 saturated carbocycles. The zero-order chi connectivity index (χ0) is 13.8. The van der Waals surface area contributed by atoms with Crippen LogP contribution in [0.4, 0.5) is 0 Å². The summed E-state index contributed by atoms with van der Waals surface area (Å²) in [7, 11) is 0. The lowest BCUT2D eigenvalue weighted by atomic mass is 9.87. The summed E-state index contributed by atoms with van der Waals surface area (Å²) in [4.78, 5) is 26.1. The SMILES string of the molecule is CCOC(=O)C(C)(C)C(=O)CN(CC)CC1CC1. The van der Waals surface area contributed by atoms with Gasteiger partial charge in [0.05, 0.1) is 13.2 Å². The molecule has 0 aliphatic heterocycles. The Labute approximate surface area is 110 Å². The molecule has 0 spiro atoms. The van der Waals surface area contributed by atoms with Crippen LogP contribution in [0.25, 0.3) is 0 Å². The third-order valence-electron chi connectivity index (χ3n) is 3.51. The maximum atomic E-state index is 12.2. The van der Waals surface area contributed by atoms with E-state index in [2.05, 4.69) is 4.90 Å². The molecule has 0 radical (unpaired) electrons. The molecule has 104 valence electrons. The fourth-order valence-electron chi connectivity index (χ4n) is 1.80. The van der Waals surface area contributed by atoms with Crippen LogP contribution in [0.5, 0.6) is 0 Å². The van der Waals surface area contributed by atoms with E-state index in [1.807, 2.05) is 6.92 Å². The summed E-state index contributed by atoms with van der Waals surface area (Å²) in [6.07, 6.45) is 2.54. The highest BCUT2D eigenvalue weighted by Gasteiger charge is 2.38. The number of likely N-dealkylation sites (N-methyl/N-ethyl adjacent to an activating group) is 1. The minimum Gasteiger partial charge on any atom is -0.465 e. The summed E-state index contributed by atoms with van der Waals surface area (Å²) in [5.41, 5.74) is -1.03. The van der Waals surface area contributed by atoms with Crippen LogP contribution < -0.4 is 0 Å². The molecule has 0 aromatic heterocycles. The molecule has 1 aliphatic carbocycles. The molecule has 0 aromatic rings. The van der Waals surface area contributed by atoms with Gasteiger partial charge >= 0.3 is 5.97 Å². The summed E-state index contributed by atoms with van der Waals surface area (Å²) in [6.45, 7) is 9.59. The van der Waals surface area contributed by atoms with Crippen molar-refractivity contribution in [2.24, 2.45) is 11.3 Å². The summed E-state index contributed by atoms with van der Waals surface area (Å²) in [6, 6.07) is 0. The van der Waals surface area contributed by atoms with Gasteiger partial charge in [0.15, 0.2) is 5.78 Å². The van der Waals surface area contributed by atoms with Gasteiger partial charge in [0.2, 0.25) is 0 Å². The molecule has 0 bridgehead atoms. The van der Waals surface area contributed by atoms with E-state index in [0.717, 1.165) is 19.0 Å². The molecule has 0 N–H and O–H groups in total. The fourth-order valence-corrected chi connectivity index (χ4v) is 1.80. The van der Waals surface area contributed by atoms with Crippen molar-refractivity contribution in [1.29, 1.82) is 0 Å². The molecule has 4 heteroatoms. The number of hydrogen-bond acceptors (Lipinski definition) is 4. The number of ketones is 1. The molecular formula is C14H25NO3. The van der Waals surface area contributed by atoms with Gasteiger partial charge in [0.1, 0.15) is 5.41 Å². The van der Waals surface area contributed by atoms with E-state index in [1.54, 1.807) is 20.8 Å². The van der Waals surface area contributed by atoms with Gasteiger partial charge in [-0.1, -0.05) is 6.92 Å². The zero-order valence-corrected chi connectivity index (χ0v) is 12.0. The number of carbonyl (C=O) groups is 2. The fraction of sp³-hybridized carbons (Fsp3) is 0.857. The molecule has 0 heterocycles. The summed E-state index contributed by atoms with van der Waals surface area (Å²) >= 11 is 0. The first-order chi connectivity index (χ1) is 8.41. The monoisotopic (exact) mass is 255 g/mol. The van der Waals surface area contributed by atoms with Crippen LogP contribution in [0.3, 0.4) is 0 Å². The van der Waals surface area contributed by atoms with E-state index in [9.17, 15) is 9.59 Å². The van der Waals surface area contributed by atoms with Crippen molar-refractivity contribution in [2.45, 2.75) is 40.5 Å². The van der Waals surface area contributed by atoms with Crippen LogP contribution in [-0.2, 0) is 14.3 Å². The standard InChI is InChI=1S/C14H25NO3/c1-5-15(9-11-7-8-11)10-12(16)14(3,4)13(17)18-6-2/h11H,5-10H2,1-4H3. The Balaban J connectivity index is 2.52. The molecule has 0 unspecified atom stereocenters. The molecule has 0 saturated heterocycles. The second-order valence-corrected chi connectivity index (χ2v) is 5.54. The van der Waals surface area contributed by atoms with E-state index < -0.39 is 11.4 Å². The Morgan fingerprint density at radius 2 is 1.89 bits per heavy atom. The van der Waals surface area contributed by atoms with Gasteiger partial charge in [0.25, 0.3) is 0 Å². The van der Waals surface area contributed by atoms with Crippen molar-refractivity contribution in [3.05, 3.63) is 0 Å². The number of esters is 1. The smallest absolute Gasteiger partial charge is 0.319 e. The van der Waals surface area contributed by atoms with E-state index in [0.29, 0.717) is 13.2 Å². The van der Waals surface area contributed by atoms with Crippen molar-refractivity contribution in [2.75, 3.05) is 26.2 Å². The molecular weight excluding hydrogens is 230 g/mol. The van der Waals surface area contributed by atoms with Gasteiger partial charge in [-0.05, 0) is 46.1 Å². The summed E-state index contributed by atoms with van der Waals surface area (Å²) in [5, 5.41) is 0. The van der Waals surface area contributed by atoms with Gasteiger partial charge in [0, 0.05) is 6.54 Å². The normalized spacial score (nSPS) is 15.8. The topological polar surface area (TPSA) is 46.6 Å². The van der Waals surface area contributed by atoms with E-state index in [4.69, 9.17) is 4.74 Å². The maximum Gasteiger partial charge on any atom is 0.319 e. The molecule has 1 aliphatic rings. The average molecular weight is 255 g/mol. The second kappa shape index (κ2) is 6.32. The lowest BCUT2D eigenvalue weighted by molar-refractivity contribution is -0.158. The van der Waals surface area contributed by atoms with Crippen molar-refractivity contribution >= 4 is 11.8 Å². The number of carbonyl (C=O) groups excluding carboxylic acids is 2. The highest BCUT2D eigenvalue weighted by atomic mass is 16.5. The van der Waals surface area contributed by atoms with Crippen LogP contribution in [-0.4, -0.2) is 42.9 Å². The number of Topliss-reactive ketones (excluding diaryl/α,β-unsaturated/α-hetero) is 1. The lowest BCUT2D eigenvalue weighted by Crippen LogP contribution is -2.42. The van der Waals surface area contributed by atoms with Gasteiger partial charge in [-0.15, -0.1) is 0 Å². The highest BCUT2D eigenvalue weighted by molar-refractivity contribution is 6.03. The Hall–Kier alpha value is -0.900. The number of hydrogen-bond donors (Lipinski definition) is 0. The quantitative estimate of drug-likeness (QED) is 0.491. The summed E-state index contributed by atoms with van der Waals surface area (Å²) < 4.78 is 4.96. The van der Waals surface area contributed by atoms with Crippen molar-refractivity contribution in [1.82, 2.24) is 4.90 Å². The molecule has 1 rings (SSSR count). The molecule has 4 nitrogen and oxygen atoms in total. The van der Waals surface area contributed by atoms with E-state index >= 15 is 0 Å². The van der Waals surface area contributed by atoms with Crippen molar-refractivity contribution in [3.63, 3.8) is 0 Å². The number of ether oxygens (including phenoxy) is 1. The van der Waals surface area contributed by atoms with Crippen LogP contribution in [0.2, 0.25) is 0 Å². The van der Waals surface area contributed by atoms with E-state index in [-0.39, 0.29) is 5.78 Å². The van der Waals surface area contributed by atoms with Gasteiger partial charge in [-0.2, -0.15) is 0 Å². The number of nitrogens with zero attached hydrogens (tertiary/aromatic N) is 1. The lowest BCUT2D eigenvalue weighted by Gasteiger charge is -2.26. The Morgan fingerprint density at radius 1 is 1.28 bits per heavy atom. The van der Waals surface area contributed by atoms with E-state index in [1.165, 1.54) is 12.8 Å². The minimum atomic E-state index is -1.03. The molecule has 18 heavy (non-hydrogen) atoms. The minimum absolute atomic E-state index is 0.0524. The average Bonchev–Trinajstić information content (AvgIpc) is 3.12. The molecule has 0 atom stereocenters. The highest BCUT2D eigenvalue weighted by Crippen LogP contribution is 2.30. The molecule has 1 fully saturated rings. The van der Waals surface area contributed by atoms with Gasteiger partial charge in [-0.25, -0.2) is 0 Å². The maximum absolute atomic E-state index is 12.2. The summed E-state index contributed by atoms with van der Waals surface area (Å²) in [5.74, 6) is 0.282. The van der Waals surface area contributed by atoms with Crippen LogP contribution in [0.1, 0.15) is 40.5 Å². The van der Waals surface area contributed by atoms with Gasteiger partial charge in [-0.3, -0.25) is 14.5 Å². The van der Waals surface area contributed by atoms with Crippen LogP contribution >= 0.6 is 0 Å². The van der Waals surface area contributed by atoms with Crippen LogP contribution in [0.15, 0.2) is 0 Å². The Bertz CT molecular complexity index is 308. The third-order valence-corrected chi connectivity index (χ3v) is 3.51. The Kier molecular flexibility index (Phi) is 5.32. The Morgan fingerprint density at radius 3 is 2.33 bits per heavy atom. The first-order valence-electron chi connectivity index (χ1n) is 6.84. The first kappa shape index (κ1) is 15.2. The largest absolute Gasteiger partial charge is 0.465 e. The number of rotatable bonds is 8. The third kappa shape index (κ3) is 4.09. The van der Waals surface area contributed by atoms with Crippen molar-refractivity contribution in [3.8, 4) is 0 Å².